The van der Waals surface area contributed by atoms with Gasteiger partial charge in [0.05, 0.1) is 0 Å². The first-order valence-electron chi connectivity index (χ1n) is 6.77. The molecule has 0 atom stereocenters. The zero-order chi connectivity index (χ0) is 11.7. The van der Waals surface area contributed by atoms with Crippen LogP contribution in [-0.2, 0) is 4.79 Å². The molecule has 0 amide bonds. The number of carbonyl (C=O) groups is 1. The van der Waals surface area contributed by atoms with Gasteiger partial charge in [-0.25, -0.2) is 0 Å². The molecular weight excluding hydrogens is 184 g/mol. The van der Waals surface area contributed by atoms with Crippen molar-refractivity contribution in [1.29, 1.82) is 0 Å². The average molecular weight is 212 g/mol. The van der Waals surface area contributed by atoms with Crippen LogP contribution >= 0.6 is 0 Å². The van der Waals surface area contributed by atoms with Crippen molar-refractivity contribution < 1.29 is 4.79 Å². The molecule has 1 fully saturated rings. The third kappa shape index (κ3) is 5.96. The van der Waals surface area contributed by atoms with Gasteiger partial charge in [-0.1, -0.05) is 47.0 Å². The van der Waals surface area contributed by atoms with Crippen molar-refractivity contribution in [2.24, 2.45) is 11.8 Å². The van der Waals surface area contributed by atoms with Crippen LogP contribution in [0.5, 0.6) is 0 Å². The number of carbonyl (C=O) groups excluding carboxylic acids is 1. The van der Waals surface area contributed by atoms with Crippen LogP contribution in [0.25, 0.3) is 0 Å². The number of rotatable bonds is 4. The van der Waals surface area contributed by atoms with Gasteiger partial charge < -0.3 is 0 Å². The molecule has 1 nitrogen and oxygen atoms in total. The summed E-state index contributed by atoms with van der Waals surface area (Å²) in [7, 11) is 0. The average Bonchev–Trinajstić information content (AvgIpc) is 2.32. The van der Waals surface area contributed by atoms with E-state index in [1.165, 1.54) is 32.1 Å². The van der Waals surface area contributed by atoms with Crippen molar-refractivity contribution in [1.82, 2.24) is 0 Å². The van der Waals surface area contributed by atoms with Crippen molar-refractivity contribution in [2.45, 2.75) is 72.6 Å². The van der Waals surface area contributed by atoms with Gasteiger partial charge in [0.25, 0.3) is 0 Å². The van der Waals surface area contributed by atoms with Crippen molar-refractivity contribution >= 4 is 5.78 Å². The summed E-state index contributed by atoms with van der Waals surface area (Å²) in [5.41, 5.74) is 0. The second-order valence-corrected chi connectivity index (χ2v) is 4.39. The minimum absolute atomic E-state index is 0.458. The summed E-state index contributed by atoms with van der Waals surface area (Å²) >= 11 is 0. The molecule has 0 spiro atoms. The molecule has 1 saturated carbocycles. The SMILES string of the molecule is CC.CCC(=O)CC1CCC(CC)CC1. The number of hydrogen-bond donors (Lipinski definition) is 0. The summed E-state index contributed by atoms with van der Waals surface area (Å²) < 4.78 is 0. The van der Waals surface area contributed by atoms with E-state index in [0.29, 0.717) is 5.78 Å². The minimum Gasteiger partial charge on any atom is -0.300 e. The van der Waals surface area contributed by atoms with Gasteiger partial charge in [-0.3, -0.25) is 4.79 Å². The van der Waals surface area contributed by atoms with Crippen LogP contribution in [0, 0.1) is 11.8 Å². The van der Waals surface area contributed by atoms with Crippen LogP contribution in [0.3, 0.4) is 0 Å². The molecule has 0 saturated heterocycles. The maximum atomic E-state index is 11.2. The lowest BCUT2D eigenvalue weighted by atomic mass is 9.79. The lowest BCUT2D eigenvalue weighted by Gasteiger charge is -2.27. The largest absolute Gasteiger partial charge is 0.300 e. The third-order valence-corrected chi connectivity index (χ3v) is 3.45. The highest BCUT2D eigenvalue weighted by molar-refractivity contribution is 5.78. The molecule has 0 aromatic heterocycles. The van der Waals surface area contributed by atoms with Crippen LogP contribution in [-0.4, -0.2) is 5.78 Å². The van der Waals surface area contributed by atoms with Crippen LogP contribution in [0.4, 0.5) is 0 Å². The summed E-state index contributed by atoms with van der Waals surface area (Å²) in [6.07, 6.45) is 8.22. The molecule has 1 rings (SSSR count). The number of hydrogen-bond acceptors (Lipinski definition) is 1. The van der Waals surface area contributed by atoms with Gasteiger partial charge in [0, 0.05) is 12.8 Å². The molecule has 0 heterocycles. The molecule has 0 unspecified atom stereocenters. The molecule has 1 heteroatoms. The maximum absolute atomic E-state index is 11.2. The van der Waals surface area contributed by atoms with E-state index in [4.69, 9.17) is 0 Å². The Hall–Kier alpha value is -0.330. The molecule has 0 aromatic carbocycles. The lowest BCUT2D eigenvalue weighted by molar-refractivity contribution is -0.119. The van der Waals surface area contributed by atoms with E-state index in [9.17, 15) is 4.79 Å². The van der Waals surface area contributed by atoms with Crippen molar-refractivity contribution in [3.05, 3.63) is 0 Å². The molecule has 15 heavy (non-hydrogen) atoms. The zero-order valence-electron chi connectivity index (χ0n) is 11.0. The Morgan fingerprint density at radius 2 is 1.47 bits per heavy atom. The highest BCUT2D eigenvalue weighted by Gasteiger charge is 2.21. The highest BCUT2D eigenvalue weighted by atomic mass is 16.1. The topological polar surface area (TPSA) is 17.1 Å². The van der Waals surface area contributed by atoms with E-state index >= 15 is 0 Å². The normalized spacial score (nSPS) is 25.3. The van der Waals surface area contributed by atoms with Gasteiger partial charge in [-0.15, -0.1) is 0 Å². The molecule has 0 N–H and O–H groups in total. The van der Waals surface area contributed by atoms with E-state index in [0.717, 1.165) is 24.7 Å². The van der Waals surface area contributed by atoms with Crippen molar-refractivity contribution in [2.75, 3.05) is 0 Å². The quantitative estimate of drug-likeness (QED) is 0.665. The molecule has 1 aliphatic rings. The lowest BCUT2D eigenvalue weighted by Crippen LogP contribution is -2.16. The molecule has 90 valence electrons. The Bertz CT molecular complexity index is 155. The third-order valence-electron chi connectivity index (χ3n) is 3.45. The van der Waals surface area contributed by atoms with Gasteiger partial charge in [-0.05, 0) is 24.7 Å². The smallest absolute Gasteiger partial charge is 0.132 e. The summed E-state index contributed by atoms with van der Waals surface area (Å²) in [6, 6.07) is 0. The van der Waals surface area contributed by atoms with E-state index in [1.807, 2.05) is 20.8 Å². The first-order chi connectivity index (χ1) is 7.26. The standard InChI is InChI=1S/C12H22O.C2H6/c1-3-10-5-7-11(8-6-10)9-12(13)4-2;1-2/h10-11H,3-9H2,1-2H3;1-2H3. The Morgan fingerprint density at radius 1 is 1.00 bits per heavy atom. The van der Waals surface area contributed by atoms with Crippen LogP contribution in [0.1, 0.15) is 72.6 Å². The predicted molar refractivity (Wildman–Crippen MR) is 67.0 cm³/mol. The van der Waals surface area contributed by atoms with Gasteiger partial charge in [0.15, 0.2) is 0 Å². The Kier molecular flexibility index (Phi) is 8.74. The van der Waals surface area contributed by atoms with E-state index in [-0.39, 0.29) is 0 Å². The van der Waals surface area contributed by atoms with Gasteiger partial charge in [0.2, 0.25) is 0 Å². The van der Waals surface area contributed by atoms with Crippen LogP contribution < -0.4 is 0 Å². The maximum Gasteiger partial charge on any atom is 0.132 e. The molecule has 0 aromatic rings. The minimum atomic E-state index is 0.458. The zero-order valence-corrected chi connectivity index (χ0v) is 11.0. The van der Waals surface area contributed by atoms with Gasteiger partial charge in [0.1, 0.15) is 5.78 Å². The Labute approximate surface area is 95.6 Å². The van der Waals surface area contributed by atoms with Crippen molar-refractivity contribution in [3.63, 3.8) is 0 Å². The van der Waals surface area contributed by atoms with Gasteiger partial charge in [-0.2, -0.15) is 0 Å². The summed E-state index contributed by atoms with van der Waals surface area (Å²) in [5.74, 6) is 2.13. The highest BCUT2D eigenvalue weighted by Crippen LogP contribution is 2.32. The predicted octanol–water partition coefficient (Wildman–Crippen LogP) is 4.60. The molecule has 0 aliphatic heterocycles. The molecule has 0 bridgehead atoms. The second kappa shape index (κ2) is 8.94. The second-order valence-electron chi connectivity index (χ2n) is 4.39. The first-order valence-corrected chi connectivity index (χ1v) is 6.77. The number of ketones is 1. The monoisotopic (exact) mass is 212 g/mol. The summed E-state index contributed by atoms with van der Waals surface area (Å²) in [5, 5.41) is 0. The first kappa shape index (κ1) is 14.7. The number of Topliss-reactive ketones (excluding diaryl/α,β-unsaturated/α-hetero) is 1. The fraction of sp³-hybridized carbons (Fsp3) is 0.929. The Morgan fingerprint density at radius 3 is 1.87 bits per heavy atom. The van der Waals surface area contributed by atoms with Crippen LogP contribution in [0.15, 0.2) is 0 Å². The van der Waals surface area contributed by atoms with Crippen LogP contribution in [0.2, 0.25) is 0 Å². The molecule has 1 aliphatic carbocycles. The Balaban J connectivity index is 0.000000921. The van der Waals surface area contributed by atoms with E-state index in [1.54, 1.807) is 0 Å². The summed E-state index contributed by atoms with van der Waals surface area (Å²) in [4.78, 5) is 11.2. The van der Waals surface area contributed by atoms with E-state index < -0.39 is 0 Å². The summed E-state index contributed by atoms with van der Waals surface area (Å²) in [6.45, 7) is 8.25. The molecular formula is C14H28O. The fourth-order valence-corrected chi connectivity index (χ4v) is 2.31. The van der Waals surface area contributed by atoms with Gasteiger partial charge >= 0.3 is 0 Å². The molecule has 0 radical (unpaired) electrons. The van der Waals surface area contributed by atoms with E-state index in [2.05, 4.69) is 6.92 Å². The van der Waals surface area contributed by atoms with Crippen molar-refractivity contribution in [3.8, 4) is 0 Å². The fourth-order valence-electron chi connectivity index (χ4n) is 2.31.